The smallest absolute Gasteiger partial charge is 0.186 e. The quantitative estimate of drug-likeness (QED) is 0.817. The van der Waals surface area contributed by atoms with E-state index in [0.29, 0.717) is 10.8 Å². The zero-order valence-corrected chi connectivity index (χ0v) is 8.40. The molecule has 0 bridgehead atoms. The molecule has 0 aliphatic heterocycles. The first-order valence-electron chi connectivity index (χ1n) is 4.61. The summed E-state index contributed by atoms with van der Waals surface area (Å²) in [6.45, 7) is 2.16. The molecule has 1 saturated carbocycles. The Bertz CT molecular complexity index is 317. The van der Waals surface area contributed by atoms with Crippen LogP contribution in [0.4, 0.5) is 5.82 Å². The summed E-state index contributed by atoms with van der Waals surface area (Å²) in [5, 5.41) is 4.19. The van der Waals surface area contributed by atoms with Gasteiger partial charge in [0.05, 0.1) is 0 Å². The number of aromatic nitrogens is 1. The summed E-state index contributed by atoms with van der Waals surface area (Å²) in [6.07, 6.45) is 4.54. The van der Waals surface area contributed by atoms with Crippen molar-refractivity contribution in [2.24, 2.45) is 0 Å². The SMILES string of the molecule is CCCC1(c2onc(N)c2Cl)CC1. The molecular formula is C9H13ClN2O. The van der Waals surface area contributed by atoms with Gasteiger partial charge in [0.25, 0.3) is 0 Å². The minimum Gasteiger partial charge on any atom is -0.380 e. The predicted octanol–water partition coefficient (Wildman–Crippen LogP) is 2.74. The number of nitrogen functional groups attached to an aromatic ring is 1. The number of rotatable bonds is 3. The average Bonchev–Trinajstić information content (AvgIpc) is 2.79. The molecule has 0 unspecified atom stereocenters. The topological polar surface area (TPSA) is 52.0 Å². The molecule has 1 fully saturated rings. The largest absolute Gasteiger partial charge is 0.380 e. The molecule has 1 aliphatic carbocycles. The molecule has 1 aliphatic rings. The van der Waals surface area contributed by atoms with Gasteiger partial charge < -0.3 is 10.3 Å². The first-order chi connectivity index (χ1) is 6.19. The molecule has 2 N–H and O–H groups in total. The second-order valence-corrected chi connectivity index (χ2v) is 4.12. The Morgan fingerprint density at radius 3 is 2.69 bits per heavy atom. The number of halogens is 1. The summed E-state index contributed by atoms with van der Waals surface area (Å²) in [7, 11) is 0. The molecule has 1 aromatic heterocycles. The fourth-order valence-corrected chi connectivity index (χ4v) is 2.11. The van der Waals surface area contributed by atoms with E-state index in [2.05, 4.69) is 12.1 Å². The van der Waals surface area contributed by atoms with E-state index in [4.69, 9.17) is 21.9 Å². The highest BCUT2D eigenvalue weighted by atomic mass is 35.5. The Kier molecular flexibility index (Phi) is 1.99. The molecule has 0 atom stereocenters. The zero-order chi connectivity index (χ0) is 9.47. The fourth-order valence-electron chi connectivity index (χ4n) is 1.84. The van der Waals surface area contributed by atoms with Crippen molar-refractivity contribution in [2.45, 2.75) is 38.0 Å². The Morgan fingerprint density at radius 2 is 2.31 bits per heavy atom. The first kappa shape index (κ1) is 8.88. The van der Waals surface area contributed by atoms with Crippen LogP contribution in [0, 0.1) is 0 Å². The maximum absolute atomic E-state index is 5.99. The third-order valence-electron chi connectivity index (χ3n) is 2.72. The van der Waals surface area contributed by atoms with E-state index in [-0.39, 0.29) is 5.41 Å². The van der Waals surface area contributed by atoms with E-state index in [1.807, 2.05) is 0 Å². The van der Waals surface area contributed by atoms with E-state index in [1.54, 1.807) is 0 Å². The van der Waals surface area contributed by atoms with Gasteiger partial charge in [-0.1, -0.05) is 30.1 Å². The van der Waals surface area contributed by atoms with E-state index in [9.17, 15) is 0 Å². The Morgan fingerprint density at radius 1 is 1.62 bits per heavy atom. The van der Waals surface area contributed by atoms with Crippen molar-refractivity contribution < 1.29 is 4.52 Å². The molecule has 0 aromatic carbocycles. The summed E-state index contributed by atoms with van der Waals surface area (Å²) < 4.78 is 5.17. The molecule has 3 nitrogen and oxygen atoms in total. The van der Waals surface area contributed by atoms with E-state index >= 15 is 0 Å². The maximum Gasteiger partial charge on any atom is 0.186 e. The minimum atomic E-state index is 0.163. The third-order valence-corrected chi connectivity index (χ3v) is 3.09. The number of nitrogens with zero attached hydrogens (tertiary/aromatic N) is 1. The molecule has 2 rings (SSSR count). The van der Waals surface area contributed by atoms with Gasteiger partial charge in [0.15, 0.2) is 11.6 Å². The summed E-state index contributed by atoms with van der Waals surface area (Å²) >= 11 is 5.99. The van der Waals surface area contributed by atoms with Crippen LogP contribution in [0.25, 0.3) is 0 Å². The van der Waals surface area contributed by atoms with Crippen LogP contribution in [0.5, 0.6) is 0 Å². The van der Waals surface area contributed by atoms with Gasteiger partial charge in [-0.25, -0.2) is 0 Å². The lowest BCUT2D eigenvalue weighted by atomic mass is 9.97. The summed E-state index contributed by atoms with van der Waals surface area (Å²) in [5.74, 6) is 1.12. The van der Waals surface area contributed by atoms with E-state index < -0.39 is 0 Å². The number of hydrogen-bond donors (Lipinski definition) is 1. The van der Waals surface area contributed by atoms with E-state index in [1.165, 1.54) is 0 Å². The Balaban J connectivity index is 2.30. The zero-order valence-electron chi connectivity index (χ0n) is 7.64. The second kappa shape index (κ2) is 2.91. The Labute approximate surface area is 82.2 Å². The van der Waals surface area contributed by atoms with Crippen LogP contribution in [0.2, 0.25) is 5.02 Å². The lowest BCUT2D eigenvalue weighted by molar-refractivity contribution is 0.346. The molecular weight excluding hydrogens is 188 g/mol. The van der Waals surface area contributed by atoms with Crippen molar-refractivity contribution in [3.8, 4) is 0 Å². The monoisotopic (exact) mass is 200 g/mol. The first-order valence-corrected chi connectivity index (χ1v) is 4.98. The van der Waals surface area contributed by atoms with Crippen molar-refractivity contribution in [3.63, 3.8) is 0 Å². The minimum absolute atomic E-state index is 0.163. The highest BCUT2D eigenvalue weighted by Crippen LogP contribution is 2.54. The molecule has 0 spiro atoms. The van der Waals surface area contributed by atoms with Crippen LogP contribution in [0.15, 0.2) is 4.52 Å². The van der Waals surface area contributed by atoms with Crippen LogP contribution in [0.1, 0.15) is 38.4 Å². The molecule has 72 valence electrons. The fraction of sp³-hybridized carbons (Fsp3) is 0.667. The summed E-state index contributed by atoms with van der Waals surface area (Å²) in [5.41, 5.74) is 5.69. The van der Waals surface area contributed by atoms with Gasteiger partial charge >= 0.3 is 0 Å². The predicted molar refractivity (Wildman–Crippen MR) is 51.7 cm³/mol. The van der Waals surface area contributed by atoms with Crippen LogP contribution < -0.4 is 5.73 Å². The number of hydrogen-bond acceptors (Lipinski definition) is 3. The lowest BCUT2D eigenvalue weighted by Crippen LogP contribution is -2.04. The lowest BCUT2D eigenvalue weighted by Gasteiger charge is -2.08. The van der Waals surface area contributed by atoms with Gasteiger partial charge in [-0.05, 0) is 19.3 Å². The van der Waals surface area contributed by atoms with Gasteiger partial charge in [0.1, 0.15) is 5.02 Å². The molecule has 0 radical (unpaired) electrons. The summed E-state index contributed by atoms with van der Waals surface area (Å²) in [6, 6.07) is 0. The summed E-state index contributed by atoms with van der Waals surface area (Å²) in [4.78, 5) is 0. The molecule has 13 heavy (non-hydrogen) atoms. The number of nitrogens with two attached hydrogens (primary N) is 1. The second-order valence-electron chi connectivity index (χ2n) is 3.74. The Hall–Kier alpha value is -0.700. The highest BCUT2D eigenvalue weighted by Gasteiger charge is 2.48. The van der Waals surface area contributed by atoms with Gasteiger partial charge in [-0.3, -0.25) is 0 Å². The van der Waals surface area contributed by atoms with Crippen molar-refractivity contribution in [1.29, 1.82) is 0 Å². The van der Waals surface area contributed by atoms with Crippen LogP contribution in [0.3, 0.4) is 0 Å². The van der Waals surface area contributed by atoms with E-state index in [0.717, 1.165) is 31.4 Å². The maximum atomic E-state index is 5.99. The van der Waals surface area contributed by atoms with Gasteiger partial charge in [0.2, 0.25) is 0 Å². The number of anilines is 1. The average molecular weight is 201 g/mol. The van der Waals surface area contributed by atoms with Gasteiger partial charge in [-0.15, -0.1) is 0 Å². The van der Waals surface area contributed by atoms with Crippen molar-refractivity contribution in [1.82, 2.24) is 5.16 Å². The third kappa shape index (κ3) is 1.31. The standard InChI is InChI=1S/C9H13ClN2O/c1-2-3-9(4-5-9)7-6(10)8(11)12-13-7/h2-5H2,1H3,(H2,11,12). The normalized spacial score (nSPS) is 18.9. The molecule has 0 amide bonds. The van der Waals surface area contributed by atoms with Gasteiger partial charge in [0, 0.05) is 5.41 Å². The molecule has 4 heteroatoms. The van der Waals surface area contributed by atoms with Crippen molar-refractivity contribution >= 4 is 17.4 Å². The highest BCUT2D eigenvalue weighted by molar-refractivity contribution is 6.33. The molecule has 1 aromatic rings. The molecule has 0 saturated heterocycles. The van der Waals surface area contributed by atoms with Crippen LogP contribution in [-0.4, -0.2) is 5.16 Å². The van der Waals surface area contributed by atoms with Crippen molar-refractivity contribution in [3.05, 3.63) is 10.8 Å². The van der Waals surface area contributed by atoms with Crippen LogP contribution >= 0.6 is 11.6 Å². The van der Waals surface area contributed by atoms with Crippen LogP contribution in [-0.2, 0) is 5.41 Å². The molecule has 1 heterocycles. The van der Waals surface area contributed by atoms with Gasteiger partial charge in [-0.2, -0.15) is 0 Å². The van der Waals surface area contributed by atoms with Crippen molar-refractivity contribution in [2.75, 3.05) is 5.73 Å².